The first-order valence-corrected chi connectivity index (χ1v) is 7.93. The Balaban J connectivity index is 1.49. The molecule has 2 N–H and O–H groups in total. The summed E-state index contributed by atoms with van der Waals surface area (Å²) in [5, 5.41) is 0. The van der Waals surface area contributed by atoms with Gasteiger partial charge in [-0.15, -0.1) is 0 Å². The second-order valence-corrected chi connectivity index (χ2v) is 5.98. The summed E-state index contributed by atoms with van der Waals surface area (Å²) in [6.45, 7) is 2.40. The van der Waals surface area contributed by atoms with Crippen LogP contribution in [0.4, 0.5) is 0 Å². The van der Waals surface area contributed by atoms with Crippen molar-refractivity contribution in [3.8, 4) is 5.75 Å². The third kappa shape index (κ3) is 3.15. The largest absolute Gasteiger partial charge is 0.493 e. The second-order valence-electron chi connectivity index (χ2n) is 5.98. The van der Waals surface area contributed by atoms with Gasteiger partial charge in [0.05, 0.1) is 19.3 Å². The molecule has 1 fully saturated rings. The summed E-state index contributed by atoms with van der Waals surface area (Å²) in [6, 6.07) is 6.53. The zero-order valence-electron chi connectivity index (χ0n) is 12.1. The zero-order chi connectivity index (χ0) is 13.8. The van der Waals surface area contributed by atoms with Gasteiger partial charge in [0.15, 0.2) is 0 Å². The number of benzene rings is 1. The Labute approximate surface area is 121 Å². The minimum absolute atomic E-state index is 0.381. The lowest BCUT2D eigenvalue weighted by Crippen LogP contribution is -2.33. The Hall–Kier alpha value is -1.06. The molecule has 1 aliphatic carbocycles. The van der Waals surface area contributed by atoms with Crippen molar-refractivity contribution in [3.05, 3.63) is 29.3 Å². The zero-order valence-corrected chi connectivity index (χ0v) is 12.1. The monoisotopic (exact) mass is 275 g/mol. The first-order valence-electron chi connectivity index (χ1n) is 7.93. The fourth-order valence-corrected chi connectivity index (χ4v) is 3.39. The maximum absolute atomic E-state index is 6.10. The smallest absolute Gasteiger partial charge is 0.122 e. The van der Waals surface area contributed by atoms with Crippen LogP contribution in [0, 0.1) is 5.92 Å². The molecule has 110 valence electrons. The Kier molecular flexibility index (Phi) is 4.58. The highest BCUT2D eigenvalue weighted by molar-refractivity contribution is 5.39. The Morgan fingerprint density at radius 3 is 3.05 bits per heavy atom. The van der Waals surface area contributed by atoms with E-state index in [1.807, 2.05) is 0 Å². The van der Waals surface area contributed by atoms with Crippen LogP contribution in [0.5, 0.6) is 5.75 Å². The van der Waals surface area contributed by atoms with Crippen molar-refractivity contribution in [2.45, 2.75) is 44.6 Å². The maximum Gasteiger partial charge on any atom is 0.122 e. The fourth-order valence-electron chi connectivity index (χ4n) is 3.39. The van der Waals surface area contributed by atoms with Crippen molar-refractivity contribution in [1.29, 1.82) is 0 Å². The van der Waals surface area contributed by atoms with Gasteiger partial charge in [-0.2, -0.15) is 0 Å². The topological polar surface area (TPSA) is 44.5 Å². The first kappa shape index (κ1) is 13.9. The van der Waals surface area contributed by atoms with E-state index >= 15 is 0 Å². The Morgan fingerprint density at radius 1 is 1.25 bits per heavy atom. The van der Waals surface area contributed by atoms with Gasteiger partial charge in [-0.3, -0.25) is 0 Å². The quantitative estimate of drug-likeness (QED) is 0.898. The third-order valence-electron chi connectivity index (χ3n) is 4.62. The van der Waals surface area contributed by atoms with Crippen LogP contribution in [0.15, 0.2) is 18.2 Å². The molecule has 0 saturated heterocycles. The number of hydrogen-bond acceptors (Lipinski definition) is 3. The molecule has 1 saturated carbocycles. The third-order valence-corrected chi connectivity index (χ3v) is 4.62. The molecular weight excluding hydrogens is 250 g/mol. The lowest BCUT2D eigenvalue weighted by Gasteiger charge is -2.30. The van der Waals surface area contributed by atoms with Crippen molar-refractivity contribution in [2.24, 2.45) is 11.7 Å². The molecule has 3 nitrogen and oxygen atoms in total. The van der Waals surface area contributed by atoms with Gasteiger partial charge in [0.25, 0.3) is 0 Å². The summed E-state index contributed by atoms with van der Waals surface area (Å²) in [7, 11) is 0. The molecule has 20 heavy (non-hydrogen) atoms. The maximum atomic E-state index is 6.10. The van der Waals surface area contributed by atoms with Crippen molar-refractivity contribution in [1.82, 2.24) is 0 Å². The average Bonchev–Trinajstić information content (AvgIpc) is 2.95. The lowest BCUT2D eigenvalue weighted by molar-refractivity contribution is -0.00634. The van der Waals surface area contributed by atoms with E-state index in [4.69, 9.17) is 15.2 Å². The number of fused-ring (bicyclic) bond motifs is 1. The Morgan fingerprint density at radius 2 is 2.15 bits per heavy atom. The highest BCUT2D eigenvalue weighted by Gasteiger charge is 2.24. The van der Waals surface area contributed by atoms with Crippen LogP contribution >= 0.6 is 0 Å². The average molecular weight is 275 g/mol. The summed E-state index contributed by atoms with van der Waals surface area (Å²) in [5.74, 6) is 1.63. The van der Waals surface area contributed by atoms with Gasteiger partial charge in [-0.05, 0) is 48.9 Å². The summed E-state index contributed by atoms with van der Waals surface area (Å²) in [6.07, 6.45) is 7.43. The summed E-state index contributed by atoms with van der Waals surface area (Å²) in [4.78, 5) is 0. The highest BCUT2D eigenvalue weighted by atomic mass is 16.5. The van der Waals surface area contributed by atoms with Crippen LogP contribution in [0.3, 0.4) is 0 Å². The normalized spacial score (nSPS) is 25.2. The number of ether oxygens (including phenoxy) is 2. The van der Waals surface area contributed by atoms with E-state index in [9.17, 15) is 0 Å². The molecule has 2 aliphatic rings. The molecule has 1 heterocycles. The van der Waals surface area contributed by atoms with Gasteiger partial charge in [-0.25, -0.2) is 0 Å². The summed E-state index contributed by atoms with van der Waals surface area (Å²) < 4.78 is 11.6. The van der Waals surface area contributed by atoms with Crippen molar-refractivity contribution < 1.29 is 9.47 Å². The molecule has 0 aromatic heterocycles. The molecule has 0 radical (unpaired) electrons. The van der Waals surface area contributed by atoms with Crippen molar-refractivity contribution in [3.63, 3.8) is 0 Å². The van der Waals surface area contributed by atoms with Crippen LogP contribution in [0.2, 0.25) is 0 Å². The molecule has 2 atom stereocenters. The van der Waals surface area contributed by atoms with E-state index < -0.39 is 0 Å². The van der Waals surface area contributed by atoms with Crippen molar-refractivity contribution >= 4 is 0 Å². The van der Waals surface area contributed by atoms with Crippen LogP contribution < -0.4 is 10.5 Å². The highest BCUT2D eigenvalue weighted by Crippen LogP contribution is 2.27. The molecule has 3 heteroatoms. The van der Waals surface area contributed by atoms with Crippen LogP contribution in [-0.4, -0.2) is 25.9 Å². The van der Waals surface area contributed by atoms with E-state index in [2.05, 4.69) is 18.2 Å². The Bertz CT molecular complexity index is 447. The number of nitrogens with two attached hydrogens (primary N) is 1. The molecule has 1 aliphatic heterocycles. The molecule has 0 bridgehead atoms. The van der Waals surface area contributed by atoms with Crippen molar-refractivity contribution in [2.75, 3.05) is 19.8 Å². The lowest BCUT2D eigenvalue weighted by atomic mass is 9.86. The van der Waals surface area contributed by atoms with Gasteiger partial charge < -0.3 is 15.2 Å². The fraction of sp³-hybridized carbons (Fsp3) is 0.647. The standard InChI is InChI=1S/C17H25NO2/c18-12-15-3-1-2-4-16(15)19-9-7-13-5-6-17-14(11-13)8-10-20-17/h5-6,11,15-16H,1-4,7-10,12,18H2. The minimum atomic E-state index is 0.381. The molecule has 1 aromatic carbocycles. The molecule has 0 spiro atoms. The van der Waals surface area contributed by atoms with Gasteiger partial charge in [0, 0.05) is 6.42 Å². The summed E-state index contributed by atoms with van der Waals surface area (Å²) in [5.41, 5.74) is 8.55. The van der Waals surface area contributed by atoms with E-state index in [-0.39, 0.29) is 0 Å². The van der Waals surface area contributed by atoms with E-state index in [0.717, 1.165) is 38.3 Å². The molecule has 1 aromatic rings. The van der Waals surface area contributed by atoms with Gasteiger partial charge in [0.1, 0.15) is 5.75 Å². The predicted octanol–water partition coefficient (Wildman–Crippen LogP) is 2.70. The van der Waals surface area contributed by atoms with Crippen LogP contribution in [0.25, 0.3) is 0 Å². The minimum Gasteiger partial charge on any atom is -0.493 e. The first-order chi connectivity index (χ1) is 9.86. The number of hydrogen-bond donors (Lipinski definition) is 1. The van der Waals surface area contributed by atoms with Gasteiger partial charge in [0.2, 0.25) is 0 Å². The molecule has 0 amide bonds. The van der Waals surface area contributed by atoms with Crippen LogP contribution in [-0.2, 0) is 17.6 Å². The SMILES string of the molecule is NCC1CCCCC1OCCc1ccc2c(c1)CCO2. The summed E-state index contributed by atoms with van der Waals surface area (Å²) >= 11 is 0. The van der Waals surface area contributed by atoms with Gasteiger partial charge >= 0.3 is 0 Å². The molecule has 2 unspecified atom stereocenters. The van der Waals surface area contributed by atoms with E-state index in [0.29, 0.717) is 12.0 Å². The molecule has 3 rings (SSSR count). The van der Waals surface area contributed by atoms with Crippen LogP contribution in [0.1, 0.15) is 36.8 Å². The number of rotatable bonds is 5. The second kappa shape index (κ2) is 6.59. The predicted molar refractivity (Wildman–Crippen MR) is 80.1 cm³/mol. The van der Waals surface area contributed by atoms with Gasteiger partial charge in [-0.1, -0.05) is 25.0 Å². The van der Waals surface area contributed by atoms with E-state index in [1.54, 1.807) is 0 Å². The molecular formula is C17H25NO2. The van der Waals surface area contributed by atoms with E-state index in [1.165, 1.54) is 36.8 Å².